The average Bonchev–Trinajstić information content (AvgIpc) is 2.70. The first-order valence-electron chi connectivity index (χ1n) is 9.13. The van der Waals surface area contributed by atoms with E-state index < -0.39 is 23.3 Å². The molecule has 4 rings (SSSR count). The Morgan fingerprint density at radius 1 is 0.533 bits per heavy atom. The molecule has 0 aliphatic rings. The van der Waals surface area contributed by atoms with Gasteiger partial charge in [-0.05, 0) is 72.8 Å². The zero-order chi connectivity index (χ0) is 21.1. The molecule has 0 radical (unpaired) electrons. The van der Waals surface area contributed by atoms with Crippen molar-refractivity contribution in [3.8, 4) is 0 Å². The maximum Gasteiger partial charge on any atom is 0.125 e. The van der Waals surface area contributed by atoms with E-state index in [1.165, 1.54) is 72.8 Å². The van der Waals surface area contributed by atoms with Gasteiger partial charge >= 0.3 is 0 Å². The Morgan fingerprint density at radius 2 is 1.07 bits per heavy atom. The van der Waals surface area contributed by atoms with Crippen LogP contribution in [0.4, 0.5) is 46.0 Å². The standard InChI is InChI=1S/C24H16F4N2/c25-16-4-1-7-20(12-16)29-23-15-19(28)10-11-24(23)30(21-8-2-5-17(26)13-21)22-9-3-6-18(27)14-22/h1-15,29H. The lowest BCUT2D eigenvalue weighted by Crippen LogP contribution is -2.12. The van der Waals surface area contributed by atoms with Crippen LogP contribution in [0.25, 0.3) is 0 Å². The fraction of sp³-hybridized carbons (Fsp3) is 0. The highest BCUT2D eigenvalue weighted by Crippen LogP contribution is 2.40. The molecule has 6 heteroatoms. The van der Waals surface area contributed by atoms with Gasteiger partial charge in [-0.25, -0.2) is 17.6 Å². The SMILES string of the molecule is Fc1cccc(Nc2cc(F)ccc2N(c2cccc(F)c2)c2cccc(F)c2)c1. The monoisotopic (exact) mass is 408 g/mol. The fourth-order valence-electron chi connectivity index (χ4n) is 3.18. The molecule has 1 N–H and O–H groups in total. The maximum absolute atomic E-state index is 14.1. The highest BCUT2D eigenvalue weighted by molar-refractivity contribution is 5.86. The largest absolute Gasteiger partial charge is 0.354 e. The van der Waals surface area contributed by atoms with E-state index in [1.807, 2.05) is 0 Å². The Balaban J connectivity index is 1.88. The van der Waals surface area contributed by atoms with Gasteiger partial charge in [-0.15, -0.1) is 0 Å². The van der Waals surface area contributed by atoms with Crippen molar-refractivity contribution in [2.75, 3.05) is 10.2 Å². The number of halogens is 4. The third-order valence-electron chi connectivity index (χ3n) is 4.44. The lowest BCUT2D eigenvalue weighted by Gasteiger charge is -2.28. The molecule has 0 aromatic heterocycles. The van der Waals surface area contributed by atoms with Crippen LogP contribution in [0.3, 0.4) is 0 Å². The van der Waals surface area contributed by atoms with E-state index in [0.29, 0.717) is 28.4 Å². The van der Waals surface area contributed by atoms with Crippen molar-refractivity contribution in [2.45, 2.75) is 0 Å². The average molecular weight is 408 g/mol. The van der Waals surface area contributed by atoms with Gasteiger partial charge in [-0.1, -0.05) is 18.2 Å². The second-order valence-corrected chi connectivity index (χ2v) is 6.59. The van der Waals surface area contributed by atoms with Crippen LogP contribution in [0.2, 0.25) is 0 Å². The van der Waals surface area contributed by atoms with Crippen molar-refractivity contribution < 1.29 is 17.6 Å². The summed E-state index contributed by atoms with van der Waals surface area (Å²) in [5.74, 6) is -1.92. The molecular weight excluding hydrogens is 392 g/mol. The molecule has 0 bridgehead atoms. The molecule has 0 atom stereocenters. The molecule has 0 saturated heterocycles. The van der Waals surface area contributed by atoms with Crippen molar-refractivity contribution in [3.05, 3.63) is 114 Å². The third kappa shape index (κ3) is 4.27. The number of hydrogen-bond donors (Lipinski definition) is 1. The number of nitrogens with one attached hydrogen (secondary N) is 1. The summed E-state index contributed by atoms with van der Waals surface area (Å²) >= 11 is 0. The topological polar surface area (TPSA) is 15.3 Å². The summed E-state index contributed by atoms with van der Waals surface area (Å²) in [4.78, 5) is 1.59. The first kappa shape index (κ1) is 19.5. The lowest BCUT2D eigenvalue weighted by molar-refractivity contribution is 0.626. The Morgan fingerprint density at radius 3 is 1.63 bits per heavy atom. The zero-order valence-electron chi connectivity index (χ0n) is 15.6. The molecule has 0 unspecified atom stereocenters. The van der Waals surface area contributed by atoms with Gasteiger partial charge in [-0.3, -0.25) is 0 Å². The third-order valence-corrected chi connectivity index (χ3v) is 4.44. The van der Waals surface area contributed by atoms with E-state index in [1.54, 1.807) is 23.1 Å². The molecule has 0 aliphatic carbocycles. The zero-order valence-corrected chi connectivity index (χ0v) is 15.6. The smallest absolute Gasteiger partial charge is 0.125 e. The summed E-state index contributed by atoms with van der Waals surface area (Å²) in [5.41, 5.74) is 1.95. The van der Waals surface area contributed by atoms with Crippen LogP contribution in [-0.2, 0) is 0 Å². The Bertz CT molecular complexity index is 1150. The second-order valence-electron chi connectivity index (χ2n) is 6.59. The predicted octanol–water partition coefficient (Wildman–Crippen LogP) is 7.46. The first-order valence-corrected chi connectivity index (χ1v) is 9.13. The van der Waals surface area contributed by atoms with E-state index in [2.05, 4.69) is 5.32 Å². The van der Waals surface area contributed by atoms with Crippen LogP contribution < -0.4 is 10.2 Å². The van der Waals surface area contributed by atoms with Crippen LogP contribution in [-0.4, -0.2) is 0 Å². The van der Waals surface area contributed by atoms with Crippen molar-refractivity contribution in [1.82, 2.24) is 0 Å². The molecule has 0 amide bonds. The summed E-state index contributed by atoms with van der Waals surface area (Å²) in [7, 11) is 0. The number of hydrogen-bond acceptors (Lipinski definition) is 2. The van der Waals surface area contributed by atoms with Crippen LogP contribution in [0, 0.1) is 23.3 Å². The summed E-state index contributed by atoms with van der Waals surface area (Å²) in [6, 6.07) is 21.2. The van der Waals surface area contributed by atoms with Crippen molar-refractivity contribution in [3.63, 3.8) is 0 Å². The van der Waals surface area contributed by atoms with Crippen LogP contribution in [0.1, 0.15) is 0 Å². The molecule has 0 saturated carbocycles. The molecular formula is C24H16F4N2. The van der Waals surface area contributed by atoms with E-state index >= 15 is 0 Å². The number of benzene rings is 4. The number of rotatable bonds is 5. The minimum Gasteiger partial charge on any atom is -0.354 e. The van der Waals surface area contributed by atoms with Gasteiger partial charge < -0.3 is 10.2 Å². The van der Waals surface area contributed by atoms with Gasteiger partial charge in [0, 0.05) is 17.1 Å². The van der Waals surface area contributed by atoms with Gasteiger partial charge in [0.1, 0.15) is 23.3 Å². The van der Waals surface area contributed by atoms with Crippen LogP contribution in [0.5, 0.6) is 0 Å². The molecule has 4 aromatic carbocycles. The minimum atomic E-state index is -0.518. The minimum absolute atomic E-state index is 0.300. The van der Waals surface area contributed by atoms with Crippen molar-refractivity contribution >= 4 is 28.4 Å². The maximum atomic E-state index is 14.1. The fourth-order valence-corrected chi connectivity index (χ4v) is 3.18. The van der Waals surface area contributed by atoms with Gasteiger partial charge in [0.25, 0.3) is 0 Å². The molecule has 0 spiro atoms. The van der Waals surface area contributed by atoms with Crippen molar-refractivity contribution in [1.29, 1.82) is 0 Å². The highest BCUT2D eigenvalue weighted by atomic mass is 19.1. The summed E-state index contributed by atoms with van der Waals surface area (Å²) in [6.07, 6.45) is 0. The van der Waals surface area contributed by atoms with Crippen LogP contribution >= 0.6 is 0 Å². The van der Waals surface area contributed by atoms with E-state index in [0.717, 1.165) is 0 Å². The first-order chi connectivity index (χ1) is 14.5. The van der Waals surface area contributed by atoms with E-state index in [-0.39, 0.29) is 0 Å². The molecule has 0 aliphatic heterocycles. The second kappa shape index (κ2) is 8.29. The van der Waals surface area contributed by atoms with Gasteiger partial charge in [0.2, 0.25) is 0 Å². The van der Waals surface area contributed by atoms with Gasteiger partial charge in [0.15, 0.2) is 0 Å². The normalized spacial score (nSPS) is 10.7. The van der Waals surface area contributed by atoms with E-state index in [9.17, 15) is 17.6 Å². The van der Waals surface area contributed by atoms with Crippen LogP contribution in [0.15, 0.2) is 91.0 Å². The van der Waals surface area contributed by atoms with Gasteiger partial charge in [-0.2, -0.15) is 0 Å². The lowest BCUT2D eigenvalue weighted by atomic mass is 10.1. The molecule has 4 aromatic rings. The molecule has 0 fully saturated rings. The quantitative estimate of drug-likeness (QED) is 0.345. The summed E-state index contributed by atoms with van der Waals surface area (Å²) < 4.78 is 55.6. The summed E-state index contributed by atoms with van der Waals surface area (Å²) in [6.45, 7) is 0. The Hall–Kier alpha value is -3.80. The Kier molecular flexibility index (Phi) is 5.39. The number of nitrogens with zero attached hydrogens (tertiary/aromatic N) is 1. The predicted molar refractivity (Wildman–Crippen MR) is 111 cm³/mol. The number of anilines is 5. The van der Waals surface area contributed by atoms with Gasteiger partial charge in [0.05, 0.1) is 11.4 Å². The molecule has 0 heterocycles. The Labute approximate surface area is 171 Å². The van der Waals surface area contributed by atoms with Crippen molar-refractivity contribution in [2.24, 2.45) is 0 Å². The summed E-state index contributed by atoms with van der Waals surface area (Å²) in [5, 5.41) is 2.99. The molecule has 2 nitrogen and oxygen atoms in total. The molecule has 150 valence electrons. The van der Waals surface area contributed by atoms with E-state index in [4.69, 9.17) is 0 Å². The molecule has 30 heavy (non-hydrogen) atoms. The highest BCUT2D eigenvalue weighted by Gasteiger charge is 2.18.